The highest BCUT2D eigenvalue weighted by Gasteiger charge is 2.52. The van der Waals surface area contributed by atoms with Crippen LogP contribution in [0.1, 0.15) is 11.3 Å². The van der Waals surface area contributed by atoms with Crippen molar-refractivity contribution in [1.82, 2.24) is 14.4 Å². The van der Waals surface area contributed by atoms with Gasteiger partial charge in [0, 0.05) is 43.1 Å². The summed E-state index contributed by atoms with van der Waals surface area (Å²) in [5.74, 6) is -2.44. The molecule has 4 rings (SSSR count). The first-order chi connectivity index (χ1) is 15.0. The molecule has 2 N–H and O–H groups in total. The summed E-state index contributed by atoms with van der Waals surface area (Å²) in [4.78, 5) is 35.7. The minimum atomic E-state index is -4.72. The molecule has 3 unspecified atom stereocenters. The third-order valence-electron chi connectivity index (χ3n) is 5.28. The number of anilines is 2. The van der Waals surface area contributed by atoms with Crippen molar-refractivity contribution >= 4 is 29.0 Å². The molecule has 1 fully saturated rings. The van der Waals surface area contributed by atoms with Crippen LogP contribution in [0.4, 0.5) is 24.7 Å². The van der Waals surface area contributed by atoms with Gasteiger partial charge in [0.1, 0.15) is 23.6 Å². The van der Waals surface area contributed by atoms with Crippen molar-refractivity contribution in [2.75, 3.05) is 16.8 Å². The summed E-state index contributed by atoms with van der Waals surface area (Å²) >= 11 is 0. The Labute approximate surface area is 179 Å². The van der Waals surface area contributed by atoms with Gasteiger partial charge in [-0.3, -0.25) is 14.5 Å². The van der Waals surface area contributed by atoms with Crippen LogP contribution in [0, 0.1) is 6.92 Å². The Balaban J connectivity index is 1.75. The fourth-order valence-corrected chi connectivity index (χ4v) is 3.63. The number of alkyl halides is 3. The van der Waals surface area contributed by atoms with E-state index in [0.717, 1.165) is 11.0 Å². The van der Waals surface area contributed by atoms with Gasteiger partial charge in [-0.25, -0.2) is 9.97 Å². The van der Waals surface area contributed by atoms with Gasteiger partial charge in [0.05, 0.1) is 5.56 Å². The third kappa shape index (κ3) is 3.56. The van der Waals surface area contributed by atoms with E-state index in [2.05, 4.69) is 9.97 Å². The van der Waals surface area contributed by atoms with E-state index >= 15 is 0 Å². The molecule has 1 aliphatic rings. The highest BCUT2D eigenvalue weighted by molar-refractivity contribution is 6.10. The lowest BCUT2D eigenvalue weighted by atomic mass is 10.1. The smallest absolute Gasteiger partial charge is 0.387 e. The number of aryl methyl sites for hydroxylation is 1. The zero-order chi connectivity index (χ0) is 23.4. The number of amides is 2. The number of likely N-dealkylation sites (N-methyl/N-ethyl adjacent to an activating group) is 1. The minimum absolute atomic E-state index is 0.0529. The maximum atomic E-state index is 13.3. The van der Waals surface area contributed by atoms with Crippen molar-refractivity contribution in [3.05, 3.63) is 54.1 Å². The van der Waals surface area contributed by atoms with Crippen LogP contribution in [0.25, 0.3) is 5.65 Å². The van der Waals surface area contributed by atoms with Crippen molar-refractivity contribution in [3.63, 3.8) is 0 Å². The maximum Gasteiger partial charge on any atom is 0.416 e. The van der Waals surface area contributed by atoms with Gasteiger partial charge in [-0.1, -0.05) is 0 Å². The molecule has 0 spiro atoms. The number of fused-ring (bicyclic) bond motifs is 1. The van der Waals surface area contributed by atoms with E-state index in [1.165, 1.54) is 14.0 Å². The Bertz CT molecular complexity index is 1210. The number of rotatable bonds is 3. The second-order valence-electron chi connectivity index (χ2n) is 7.42. The standard InChI is InChI=1S/C20H18F3N5O4/c1-10-7-11(20(21,22)23)8-14(25-10)28-15(16(29)17(30)19(28)32)18(31)26(2)12-3-5-27-6-4-24-13(27)9-12/h3-9,15-17,29-30H,1-2H3. The average molecular weight is 449 g/mol. The number of aromatic nitrogens is 3. The molecule has 2 amide bonds. The summed E-state index contributed by atoms with van der Waals surface area (Å²) in [6.45, 7) is 1.30. The molecule has 3 aromatic rings. The zero-order valence-corrected chi connectivity index (χ0v) is 16.9. The third-order valence-corrected chi connectivity index (χ3v) is 5.28. The topological polar surface area (TPSA) is 111 Å². The Morgan fingerprint density at radius 2 is 1.91 bits per heavy atom. The number of halogens is 3. The lowest BCUT2D eigenvalue weighted by molar-refractivity contribution is -0.137. The normalized spacial score (nSPS) is 21.4. The predicted molar refractivity (Wildman–Crippen MR) is 106 cm³/mol. The molecule has 12 heteroatoms. The van der Waals surface area contributed by atoms with E-state index in [4.69, 9.17) is 0 Å². The number of aliphatic hydroxyl groups is 2. The first kappa shape index (κ1) is 21.7. The van der Waals surface area contributed by atoms with Crippen molar-refractivity contribution in [3.8, 4) is 0 Å². The minimum Gasteiger partial charge on any atom is -0.387 e. The fraction of sp³-hybridized carbons (Fsp3) is 0.300. The van der Waals surface area contributed by atoms with Gasteiger partial charge in [-0.2, -0.15) is 13.2 Å². The number of imidazole rings is 1. The van der Waals surface area contributed by atoms with Crippen LogP contribution >= 0.6 is 0 Å². The molecule has 0 saturated carbocycles. The first-order valence-corrected chi connectivity index (χ1v) is 9.44. The Hall–Kier alpha value is -3.51. The molecule has 0 aromatic carbocycles. The van der Waals surface area contributed by atoms with E-state index in [-0.39, 0.29) is 5.69 Å². The summed E-state index contributed by atoms with van der Waals surface area (Å²) in [6.07, 6.45) is -3.70. The van der Waals surface area contributed by atoms with E-state index in [1.54, 1.807) is 35.1 Å². The summed E-state index contributed by atoms with van der Waals surface area (Å²) in [6, 6.07) is 2.87. The van der Waals surface area contributed by atoms with E-state index < -0.39 is 47.6 Å². The summed E-state index contributed by atoms with van der Waals surface area (Å²) in [5.41, 5.74) is -0.240. The van der Waals surface area contributed by atoms with Gasteiger partial charge < -0.3 is 19.5 Å². The molecule has 3 atom stereocenters. The number of nitrogens with zero attached hydrogens (tertiary/aromatic N) is 5. The first-order valence-electron chi connectivity index (χ1n) is 9.44. The molecule has 32 heavy (non-hydrogen) atoms. The lowest BCUT2D eigenvalue weighted by Crippen LogP contribution is -2.50. The molecular weight excluding hydrogens is 431 g/mol. The molecular formula is C20H18F3N5O4. The molecule has 3 aromatic heterocycles. The van der Waals surface area contributed by atoms with Gasteiger partial charge in [-0.05, 0) is 25.1 Å². The van der Waals surface area contributed by atoms with Gasteiger partial charge in [0.2, 0.25) is 0 Å². The van der Waals surface area contributed by atoms with E-state index in [9.17, 15) is 33.0 Å². The number of hydrogen-bond acceptors (Lipinski definition) is 6. The second-order valence-corrected chi connectivity index (χ2v) is 7.42. The molecule has 1 saturated heterocycles. The van der Waals surface area contributed by atoms with Crippen molar-refractivity contribution in [2.24, 2.45) is 0 Å². The predicted octanol–water partition coefficient (Wildman–Crippen LogP) is 1.16. The molecule has 0 radical (unpaired) electrons. The highest BCUT2D eigenvalue weighted by atomic mass is 19.4. The van der Waals surface area contributed by atoms with Crippen LogP contribution in [-0.2, 0) is 15.8 Å². The van der Waals surface area contributed by atoms with E-state index in [0.29, 0.717) is 22.3 Å². The fourth-order valence-electron chi connectivity index (χ4n) is 3.63. The SMILES string of the molecule is Cc1cc(C(F)(F)F)cc(N2C(=O)C(O)C(O)C2C(=O)N(C)c2ccn3ccnc3c2)n1. The van der Waals surface area contributed by atoms with Crippen LogP contribution in [0.3, 0.4) is 0 Å². The van der Waals surface area contributed by atoms with Gasteiger partial charge in [-0.15, -0.1) is 0 Å². The van der Waals surface area contributed by atoms with Crippen LogP contribution in [0.2, 0.25) is 0 Å². The number of aliphatic hydroxyl groups excluding tert-OH is 2. The second kappa shape index (κ2) is 7.57. The highest BCUT2D eigenvalue weighted by Crippen LogP contribution is 2.34. The van der Waals surface area contributed by atoms with Crippen molar-refractivity contribution < 1.29 is 33.0 Å². The average Bonchev–Trinajstić information content (AvgIpc) is 3.29. The molecule has 0 bridgehead atoms. The van der Waals surface area contributed by atoms with Crippen molar-refractivity contribution in [2.45, 2.75) is 31.3 Å². The summed E-state index contributed by atoms with van der Waals surface area (Å²) in [5, 5.41) is 20.5. The summed E-state index contributed by atoms with van der Waals surface area (Å²) in [7, 11) is 1.38. The lowest BCUT2D eigenvalue weighted by Gasteiger charge is -2.29. The van der Waals surface area contributed by atoms with Crippen LogP contribution in [0.15, 0.2) is 42.9 Å². The van der Waals surface area contributed by atoms with Gasteiger partial charge >= 0.3 is 6.18 Å². The van der Waals surface area contributed by atoms with Gasteiger partial charge in [0.15, 0.2) is 6.10 Å². The molecule has 9 nitrogen and oxygen atoms in total. The monoisotopic (exact) mass is 449 g/mol. The van der Waals surface area contributed by atoms with Crippen LogP contribution < -0.4 is 9.80 Å². The van der Waals surface area contributed by atoms with E-state index in [1.807, 2.05) is 0 Å². The van der Waals surface area contributed by atoms with Gasteiger partial charge in [0.25, 0.3) is 11.8 Å². The van der Waals surface area contributed by atoms with Crippen LogP contribution in [-0.4, -0.2) is 61.7 Å². The molecule has 0 aliphatic carbocycles. The quantitative estimate of drug-likeness (QED) is 0.621. The van der Waals surface area contributed by atoms with Crippen LogP contribution in [0.5, 0.6) is 0 Å². The number of carbonyl (C=O) groups is 2. The number of hydrogen-bond donors (Lipinski definition) is 2. The Morgan fingerprint density at radius 1 is 1.19 bits per heavy atom. The summed E-state index contributed by atoms with van der Waals surface area (Å²) < 4.78 is 41.5. The molecule has 4 heterocycles. The molecule has 168 valence electrons. The largest absolute Gasteiger partial charge is 0.416 e. The Kier molecular flexibility index (Phi) is 5.13. The number of carbonyl (C=O) groups excluding carboxylic acids is 2. The maximum absolute atomic E-state index is 13.3. The molecule has 1 aliphatic heterocycles. The van der Waals surface area contributed by atoms with Crippen molar-refractivity contribution in [1.29, 1.82) is 0 Å². The number of pyridine rings is 2. The Morgan fingerprint density at radius 3 is 2.59 bits per heavy atom. The zero-order valence-electron chi connectivity index (χ0n) is 16.9.